The van der Waals surface area contributed by atoms with Crippen LogP contribution in [0.5, 0.6) is 0 Å². The molecule has 0 aliphatic carbocycles. The van der Waals surface area contributed by atoms with Crippen LogP contribution in [0.2, 0.25) is 0 Å². The summed E-state index contributed by atoms with van der Waals surface area (Å²) in [7, 11) is 0. The standard InChI is InChI=1S/C24H16F3N7O2/c25-24(26,27)15-4-5-16(31-11-15)12-32-22(35)20-21(28)34-19(23-30-8-9-36-23)18(33-20)14-3-6-17-13(10-14)2-1-7-29-17/h1-11H,12H2,(H2,28,34)(H,32,35). The second kappa shape index (κ2) is 9.06. The Morgan fingerprint density at radius 2 is 1.86 bits per heavy atom. The van der Waals surface area contributed by atoms with E-state index in [1.807, 2.05) is 12.1 Å². The molecule has 9 nitrogen and oxygen atoms in total. The number of nitrogens with one attached hydrogen (secondary N) is 1. The number of hydrogen-bond acceptors (Lipinski definition) is 8. The fourth-order valence-corrected chi connectivity index (χ4v) is 3.48. The van der Waals surface area contributed by atoms with Gasteiger partial charge >= 0.3 is 6.18 Å². The quantitative estimate of drug-likeness (QED) is 0.372. The minimum absolute atomic E-state index is 0.142. The average molecular weight is 491 g/mol. The van der Waals surface area contributed by atoms with Gasteiger partial charge in [0.15, 0.2) is 17.2 Å². The van der Waals surface area contributed by atoms with E-state index in [0.29, 0.717) is 17.5 Å². The van der Waals surface area contributed by atoms with E-state index >= 15 is 0 Å². The molecule has 0 aliphatic heterocycles. The Bertz CT molecular complexity index is 1550. The molecule has 12 heteroatoms. The largest absolute Gasteiger partial charge is 0.443 e. The molecule has 1 aromatic carbocycles. The van der Waals surface area contributed by atoms with E-state index in [2.05, 4.69) is 30.2 Å². The molecule has 1 amide bonds. The molecule has 0 saturated heterocycles. The number of oxazole rings is 1. The van der Waals surface area contributed by atoms with E-state index < -0.39 is 17.6 Å². The Hall–Kier alpha value is -4.87. The normalized spacial score (nSPS) is 11.5. The van der Waals surface area contributed by atoms with Gasteiger partial charge in [-0.05, 0) is 30.3 Å². The van der Waals surface area contributed by atoms with Crippen molar-refractivity contribution in [1.29, 1.82) is 0 Å². The smallest absolute Gasteiger partial charge is 0.417 e. The highest BCUT2D eigenvalue weighted by Gasteiger charge is 2.30. The number of aromatic nitrogens is 5. The number of halogens is 3. The highest BCUT2D eigenvalue weighted by atomic mass is 19.4. The molecule has 0 atom stereocenters. The van der Waals surface area contributed by atoms with Gasteiger partial charge in [0.25, 0.3) is 5.91 Å². The van der Waals surface area contributed by atoms with Crippen LogP contribution in [0.1, 0.15) is 21.7 Å². The molecule has 0 bridgehead atoms. The number of carbonyl (C=O) groups excluding carboxylic acids is 1. The lowest BCUT2D eigenvalue weighted by Crippen LogP contribution is -2.26. The lowest BCUT2D eigenvalue weighted by molar-refractivity contribution is -0.137. The SMILES string of the molecule is Nc1nc(-c2ncco2)c(-c2ccc3ncccc3c2)nc1C(=O)NCc1ccc(C(F)(F)F)cn1. The maximum Gasteiger partial charge on any atom is 0.417 e. The number of nitrogens with two attached hydrogens (primary N) is 1. The zero-order chi connectivity index (χ0) is 25.3. The van der Waals surface area contributed by atoms with Gasteiger partial charge in [-0.1, -0.05) is 12.1 Å². The molecule has 0 spiro atoms. The zero-order valence-electron chi connectivity index (χ0n) is 18.3. The number of anilines is 1. The van der Waals surface area contributed by atoms with Gasteiger partial charge in [-0.3, -0.25) is 14.8 Å². The molecular weight excluding hydrogens is 475 g/mol. The first-order valence-electron chi connectivity index (χ1n) is 10.5. The number of hydrogen-bond donors (Lipinski definition) is 2. The van der Waals surface area contributed by atoms with Crippen molar-refractivity contribution in [2.45, 2.75) is 12.7 Å². The fourth-order valence-electron chi connectivity index (χ4n) is 3.48. The first-order chi connectivity index (χ1) is 17.3. The van der Waals surface area contributed by atoms with Crippen molar-refractivity contribution in [3.63, 3.8) is 0 Å². The molecule has 0 saturated carbocycles. The molecule has 0 unspecified atom stereocenters. The first-order valence-corrected chi connectivity index (χ1v) is 10.5. The Morgan fingerprint density at radius 1 is 1.00 bits per heavy atom. The van der Waals surface area contributed by atoms with E-state index in [9.17, 15) is 18.0 Å². The van der Waals surface area contributed by atoms with Crippen molar-refractivity contribution < 1.29 is 22.4 Å². The number of carbonyl (C=O) groups is 1. The number of amides is 1. The third-order valence-corrected chi connectivity index (χ3v) is 5.23. The van der Waals surface area contributed by atoms with Gasteiger partial charge in [0.1, 0.15) is 12.0 Å². The van der Waals surface area contributed by atoms with Crippen LogP contribution in [-0.4, -0.2) is 30.8 Å². The van der Waals surface area contributed by atoms with Crippen molar-refractivity contribution in [3.8, 4) is 22.8 Å². The Labute approximate surface area is 201 Å². The van der Waals surface area contributed by atoms with Crippen LogP contribution in [0.25, 0.3) is 33.7 Å². The van der Waals surface area contributed by atoms with Crippen LogP contribution in [0, 0.1) is 0 Å². The lowest BCUT2D eigenvalue weighted by atomic mass is 10.1. The Kier molecular flexibility index (Phi) is 5.76. The number of fused-ring (bicyclic) bond motifs is 1. The van der Waals surface area contributed by atoms with Gasteiger partial charge in [0.05, 0.1) is 29.5 Å². The highest BCUT2D eigenvalue weighted by Crippen LogP contribution is 2.32. The summed E-state index contributed by atoms with van der Waals surface area (Å²) in [6.07, 6.45) is 0.696. The fraction of sp³-hybridized carbons (Fsp3) is 0.0833. The molecule has 180 valence electrons. The van der Waals surface area contributed by atoms with Crippen molar-refractivity contribution >= 4 is 22.6 Å². The van der Waals surface area contributed by atoms with Crippen molar-refractivity contribution in [1.82, 2.24) is 30.2 Å². The van der Waals surface area contributed by atoms with E-state index in [1.54, 1.807) is 24.4 Å². The van der Waals surface area contributed by atoms with Gasteiger partial charge in [0.2, 0.25) is 5.89 Å². The predicted octanol–water partition coefficient (Wildman–Crippen LogP) is 4.27. The van der Waals surface area contributed by atoms with Crippen molar-refractivity contribution in [2.24, 2.45) is 0 Å². The summed E-state index contributed by atoms with van der Waals surface area (Å²) in [4.78, 5) is 33.9. The monoisotopic (exact) mass is 491 g/mol. The summed E-state index contributed by atoms with van der Waals surface area (Å²) in [5, 5.41) is 3.40. The maximum atomic E-state index is 12.9. The number of pyridine rings is 2. The molecule has 4 heterocycles. The van der Waals surface area contributed by atoms with E-state index in [4.69, 9.17) is 10.2 Å². The minimum atomic E-state index is -4.50. The second-order valence-electron chi connectivity index (χ2n) is 7.62. The molecule has 5 rings (SSSR count). The summed E-state index contributed by atoms with van der Waals surface area (Å²) >= 11 is 0. The highest BCUT2D eigenvalue weighted by molar-refractivity contribution is 5.98. The van der Waals surface area contributed by atoms with Crippen molar-refractivity contribution in [3.05, 3.63) is 84.3 Å². The lowest BCUT2D eigenvalue weighted by Gasteiger charge is -2.12. The maximum absolute atomic E-state index is 12.9. The van der Waals surface area contributed by atoms with Crippen molar-refractivity contribution in [2.75, 3.05) is 5.73 Å². The summed E-state index contributed by atoms with van der Waals surface area (Å²) in [6, 6.07) is 11.2. The van der Waals surface area contributed by atoms with Gasteiger partial charge in [-0.25, -0.2) is 15.0 Å². The van der Waals surface area contributed by atoms with Gasteiger partial charge in [0, 0.05) is 23.3 Å². The number of nitrogen functional groups attached to an aromatic ring is 1. The number of alkyl halides is 3. The van der Waals surface area contributed by atoms with Crippen LogP contribution < -0.4 is 11.1 Å². The van der Waals surface area contributed by atoms with E-state index in [1.165, 1.54) is 18.5 Å². The molecule has 0 radical (unpaired) electrons. The van der Waals surface area contributed by atoms with Crippen LogP contribution >= 0.6 is 0 Å². The molecule has 36 heavy (non-hydrogen) atoms. The topological polar surface area (TPSA) is 133 Å². The molecule has 0 aliphatic rings. The zero-order valence-corrected chi connectivity index (χ0v) is 18.3. The Morgan fingerprint density at radius 3 is 2.58 bits per heavy atom. The molecule has 5 aromatic rings. The van der Waals surface area contributed by atoms with Crippen LogP contribution in [0.15, 0.2) is 71.7 Å². The minimum Gasteiger partial charge on any atom is -0.443 e. The van der Waals surface area contributed by atoms with Crippen LogP contribution in [0.3, 0.4) is 0 Å². The second-order valence-corrected chi connectivity index (χ2v) is 7.62. The summed E-state index contributed by atoms with van der Waals surface area (Å²) in [5.74, 6) is -0.687. The van der Waals surface area contributed by atoms with Gasteiger partial charge in [-0.15, -0.1) is 0 Å². The van der Waals surface area contributed by atoms with E-state index in [-0.39, 0.29) is 35.3 Å². The number of nitrogens with zero attached hydrogens (tertiary/aromatic N) is 5. The Balaban J connectivity index is 1.48. The third-order valence-electron chi connectivity index (χ3n) is 5.23. The summed E-state index contributed by atoms with van der Waals surface area (Å²) < 4.78 is 43.6. The number of benzene rings is 1. The first kappa shape index (κ1) is 22.9. The third kappa shape index (κ3) is 4.56. The molecular formula is C24H16F3N7O2. The van der Waals surface area contributed by atoms with Gasteiger partial charge < -0.3 is 15.5 Å². The molecule has 0 fully saturated rings. The van der Waals surface area contributed by atoms with Crippen LogP contribution in [-0.2, 0) is 12.7 Å². The number of rotatable bonds is 5. The van der Waals surface area contributed by atoms with E-state index in [0.717, 1.165) is 17.0 Å². The molecule has 3 N–H and O–H groups in total. The predicted molar refractivity (Wildman–Crippen MR) is 123 cm³/mol. The molecule has 4 aromatic heterocycles. The summed E-state index contributed by atoms with van der Waals surface area (Å²) in [6.45, 7) is -0.142. The summed E-state index contributed by atoms with van der Waals surface area (Å²) in [5.41, 5.74) is 7.15. The average Bonchev–Trinajstić information content (AvgIpc) is 3.41. The van der Waals surface area contributed by atoms with Crippen LogP contribution in [0.4, 0.5) is 19.0 Å². The van der Waals surface area contributed by atoms with Gasteiger partial charge in [-0.2, -0.15) is 13.2 Å².